The first kappa shape index (κ1) is 13.6. The van der Waals surface area contributed by atoms with E-state index in [-0.39, 0.29) is 5.91 Å². The normalized spacial score (nSPS) is 10.6. The lowest BCUT2D eigenvalue weighted by Crippen LogP contribution is -2.30. The molecule has 0 saturated heterocycles. The zero-order valence-electron chi connectivity index (χ0n) is 11.1. The van der Waals surface area contributed by atoms with Gasteiger partial charge in [0.15, 0.2) is 0 Å². The van der Waals surface area contributed by atoms with E-state index in [9.17, 15) is 4.79 Å². The zero-order valence-corrected chi connectivity index (χ0v) is 11.1. The van der Waals surface area contributed by atoms with Crippen LogP contribution in [0.15, 0.2) is 18.3 Å². The molecule has 17 heavy (non-hydrogen) atoms. The van der Waals surface area contributed by atoms with Gasteiger partial charge in [-0.05, 0) is 45.6 Å². The van der Waals surface area contributed by atoms with Gasteiger partial charge in [-0.25, -0.2) is 0 Å². The number of hydrogen-bond donors (Lipinski definition) is 0. The molecular weight excluding hydrogens is 214 g/mol. The van der Waals surface area contributed by atoms with Crippen LogP contribution in [0.3, 0.4) is 0 Å². The highest BCUT2D eigenvalue weighted by Gasteiger charge is 2.12. The van der Waals surface area contributed by atoms with E-state index in [0.29, 0.717) is 5.69 Å². The van der Waals surface area contributed by atoms with Crippen LogP contribution in [0, 0.1) is 6.92 Å². The number of carbonyl (C=O) groups excluding carboxylic acids is 1. The summed E-state index contributed by atoms with van der Waals surface area (Å²) in [6.07, 6.45) is 2.70. The lowest BCUT2D eigenvalue weighted by atomic mass is 10.2. The summed E-state index contributed by atoms with van der Waals surface area (Å²) < 4.78 is 0. The molecule has 0 aliphatic carbocycles. The second kappa shape index (κ2) is 6.35. The predicted octanol–water partition coefficient (Wildman–Crippen LogP) is 1.41. The van der Waals surface area contributed by atoms with E-state index in [0.717, 1.165) is 25.1 Å². The average Bonchev–Trinajstić information content (AvgIpc) is 2.28. The van der Waals surface area contributed by atoms with Gasteiger partial charge >= 0.3 is 0 Å². The van der Waals surface area contributed by atoms with Crippen molar-refractivity contribution in [1.29, 1.82) is 0 Å². The summed E-state index contributed by atoms with van der Waals surface area (Å²) in [5.74, 6) is -0.0104. The van der Waals surface area contributed by atoms with Crippen LogP contribution in [0.5, 0.6) is 0 Å². The fraction of sp³-hybridized carbons (Fsp3) is 0.538. The fourth-order valence-electron chi connectivity index (χ4n) is 1.52. The van der Waals surface area contributed by atoms with Gasteiger partial charge < -0.3 is 9.80 Å². The van der Waals surface area contributed by atoms with Crippen molar-refractivity contribution in [3.05, 3.63) is 29.6 Å². The van der Waals surface area contributed by atoms with Crippen LogP contribution in [0.4, 0.5) is 0 Å². The van der Waals surface area contributed by atoms with Gasteiger partial charge in [0.2, 0.25) is 0 Å². The molecule has 0 radical (unpaired) electrons. The Hall–Kier alpha value is -1.42. The molecule has 0 N–H and O–H groups in total. The minimum atomic E-state index is -0.0104. The smallest absolute Gasteiger partial charge is 0.272 e. The van der Waals surface area contributed by atoms with Gasteiger partial charge in [-0.1, -0.05) is 6.07 Å². The number of amides is 1. The highest BCUT2D eigenvalue weighted by Crippen LogP contribution is 2.02. The maximum Gasteiger partial charge on any atom is 0.272 e. The molecule has 0 unspecified atom stereocenters. The standard InChI is InChI=1S/C13H21N3O/c1-11-6-7-12(14-10-11)13(17)16(4)9-5-8-15(2)3/h6-7,10H,5,8-9H2,1-4H3. The molecule has 1 rings (SSSR count). The first-order chi connectivity index (χ1) is 8.00. The largest absolute Gasteiger partial charge is 0.340 e. The summed E-state index contributed by atoms with van der Waals surface area (Å²) in [5.41, 5.74) is 1.58. The summed E-state index contributed by atoms with van der Waals surface area (Å²) in [6, 6.07) is 3.69. The Balaban J connectivity index is 2.49. The number of aromatic nitrogens is 1. The van der Waals surface area contributed by atoms with Crippen LogP contribution in [-0.2, 0) is 0 Å². The molecule has 4 heteroatoms. The number of hydrogen-bond acceptors (Lipinski definition) is 3. The molecule has 0 spiro atoms. The van der Waals surface area contributed by atoms with Crippen molar-refractivity contribution in [2.45, 2.75) is 13.3 Å². The van der Waals surface area contributed by atoms with Crippen molar-refractivity contribution in [3.8, 4) is 0 Å². The molecule has 0 aliphatic rings. The molecule has 4 nitrogen and oxygen atoms in total. The van der Waals surface area contributed by atoms with E-state index in [4.69, 9.17) is 0 Å². The van der Waals surface area contributed by atoms with Crippen LogP contribution in [0.1, 0.15) is 22.5 Å². The van der Waals surface area contributed by atoms with Gasteiger partial charge in [-0.3, -0.25) is 9.78 Å². The number of nitrogens with zero attached hydrogens (tertiary/aromatic N) is 3. The molecule has 0 aliphatic heterocycles. The van der Waals surface area contributed by atoms with Crippen LogP contribution in [0.25, 0.3) is 0 Å². The summed E-state index contributed by atoms with van der Waals surface area (Å²) in [7, 11) is 5.88. The fourth-order valence-corrected chi connectivity index (χ4v) is 1.52. The number of aryl methyl sites for hydroxylation is 1. The van der Waals surface area contributed by atoms with Gasteiger partial charge in [0.05, 0.1) is 0 Å². The summed E-state index contributed by atoms with van der Waals surface area (Å²) in [4.78, 5) is 20.0. The Bertz CT molecular complexity index is 359. The van der Waals surface area contributed by atoms with Crippen molar-refractivity contribution in [3.63, 3.8) is 0 Å². The third kappa shape index (κ3) is 4.53. The maximum atomic E-state index is 12.0. The van der Waals surface area contributed by atoms with E-state index in [1.807, 2.05) is 34.1 Å². The monoisotopic (exact) mass is 235 g/mol. The molecule has 1 aromatic rings. The summed E-state index contributed by atoms with van der Waals surface area (Å²) in [5, 5.41) is 0. The van der Waals surface area contributed by atoms with Crippen LogP contribution in [-0.4, -0.2) is 54.9 Å². The van der Waals surface area contributed by atoms with Gasteiger partial charge in [-0.2, -0.15) is 0 Å². The van der Waals surface area contributed by atoms with Crippen molar-refractivity contribution < 1.29 is 4.79 Å². The SMILES string of the molecule is Cc1ccc(C(=O)N(C)CCCN(C)C)nc1. The molecular formula is C13H21N3O. The topological polar surface area (TPSA) is 36.4 Å². The minimum Gasteiger partial charge on any atom is -0.340 e. The quantitative estimate of drug-likeness (QED) is 0.774. The Labute approximate surface area is 103 Å². The molecule has 1 amide bonds. The molecule has 0 saturated carbocycles. The van der Waals surface area contributed by atoms with Crippen LogP contribution >= 0.6 is 0 Å². The van der Waals surface area contributed by atoms with Crippen LogP contribution < -0.4 is 0 Å². The Kier molecular flexibility index (Phi) is 5.10. The number of rotatable bonds is 5. The van der Waals surface area contributed by atoms with Crippen molar-refractivity contribution in [1.82, 2.24) is 14.8 Å². The second-order valence-corrected chi connectivity index (χ2v) is 4.60. The maximum absolute atomic E-state index is 12.0. The van der Waals surface area contributed by atoms with E-state index in [2.05, 4.69) is 9.88 Å². The second-order valence-electron chi connectivity index (χ2n) is 4.60. The highest BCUT2D eigenvalue weighted by molar-refractivity contribution is 5.92. The third-order valence-corrected chi connectivity index (χ3v) is 2.58. The molecule has 94 valence electrons. The Morgan fingerprint density at radius 3 is 2.47 bits per heavy atom. The van der Waals surface area contributed by atoms with E-state index < -0.39 is 0 Å². The highest BCUT2D eigenvalue weighted by atomic mass is 16.2. The number of pyridine rings is 1. The average molecular weight is 235 g/mol. The van der Waals surface area contributed by atoms with Gasteiger partial charge in [0, 0.05) is 19.8 Å². The zero-order chi connectivity index (χ0) is 12.8. The van der Waals surface area contributed by atoms with E-state index in [1.54, 1.807) is 17.2 Å². The van der Waals surface area contributed by atoms with E-state index >= 15 is 0 Å². The molecule has 1 aromatic heterocycles. The summed E-state index contributed by atoms with van der Waals surface area (Å²) in [6.45, 7) is 3.70. The Morgan fingerprint density at radius 2 is 1.94 bits per heavy atom. The minimum absolute atomic E-state index is 0.0104. The summed E-state index contributed by atoms with van der Waals surface area (Å²) >= 11 is 0. The third-order valence-electron chi connectivity index (χ3n) is 2.58. The molecule has 0 bridgehead atoms. The van der Waals surface area contributed by atoms with Crippen molar-refractivity contribution >= 4 is 5.91 Å². The van der Waals surface area contributed by atoms with Gasteiger partial charge in [0.1, 0.15) is 5.69 Å². The van der Waals surface area contributed by atoms with E-state index in [1.165, 1.54) is 0 Å². The molecule has 0 atom stereocenters. The Morgan fingerprint density at radius 1 is 1.24 bits per heavy atom. The first-order valence-corrected chi connectivity index (χ1v) is 5.83. The predicted molar refractivity (Wildman–Crippen MR) is 69.1 cm³/mol. The van der Waals surface area contributed by atoms with Crippen molar-refractivity contribution in [2.24, 2.45) is 0 Å². The van der Waals surface area contributed by atoms with Crippen molar-refractivity contribution in [2.75, 3.05) is 34.2 Å². The first-order valence-electron chi connectivity index (χ1n) is 5.83. The molecule has 1 heterocycles. The van der Waals surface area contributed by atoms with Gasteiger partial charge in [-0.15, -0.1) is 0 Å². The van der Waals surface area contributed by atoms with Gasteiger partial charge in [0.25, 0.3) is 5.91 Å². The molecule has 0 fully saturated rings. The lowest BCUT2D eigenvalue weighted by molar-refractivity contribution is 0.0785. The number of carbonyl (C=O) groups is 1. The lowest BCUT2D eigenvalue weighted by Gasteiger charge is -2.18. The molecule has 0 aromatic carbocycles. The van der Waals surface area contributed by atoms with Crippen LogP contribution in [0.2, 0.25) is 0 Å².